The molecule has 1 fully saturated rings. The summed E-state index contributed by atoms with van der Waals surface area (Å²) < 4.78 is 27.2. The first-order valence-electron chi connectivity index (χ1n) is 9.48. The Morgan fingerprint density at radius 3 is 2.43 bits per heavy atom. The molecule has 0 spiro atoms. The highest BCUT2D eigenvalue weighted by Crippen LogP contribution is 2.23. The van der Waals surface area contributed by atoms with E-state index in [4.69, 9.17) is 0 Å². The Labute approximate surface area is 166 Å². The van der Waals surface area contributed by atoms with E-state index in [-0.39, 0.29) is 17.8 Å². The number of para-hydroxylation sites is 1. The van der Waals surface area contributed by atoms with E-state index < -0.39 is 10.0 Å². The van der Waals surface area contributed by atoms with E-state index >= 15 is 0 Å². The van der Waals surface area contributed by atoms with Crippen molar-refractivity contribution in [2.45, 2.75) is 39.7 Å². The van der Waals surface area contributed by atoms with Crippen LogP contribution in [0.2, 0.25) is 0 Å². The number of piperidine rings is 1. The molecular weight excluding hydrogens is 378 g/mol. The van der Waals surface area contributed by atoms with E-state index in [1.807, 2.05) is 44.2 Å². The standard InChI is InChI=1S/C19H27N5O3S/c1-4-28(26,27)23-12-10-16(11-13-23)20-19(25)21-18-14(2)22-24(15(18)3)17-8-6-5-7-9-17/h5-9,16H,4,10-13H2,1-3H3,(H2,20,21,25). The summed E-state index contributed by atoms with van der Waals surface area (Å²) in [5, 5.41) is 10.4. The van der Waals surface area contributed by atoms with E-state index in [9.17, 15) is 13.2 Å². The largest absolute Gasteiger partial charge is 0.335 e. The summed E-state index contributed by atoms with van der Waals surface area (Å²) in [6.07, 6.45) is 1.21. The van der Waals surface area contributed by atoms with Gasteiger partial charge in [0.15, 0.2) is 0 Å². The molecule has 0 saturated carbocycles. The normalized spacial score (nSPS) is 16.1. The van der Waals surface area contributed by atoms with Crippen LogP contribution in [-0.4, -0.2) is 53.4 Å². The van der Waals surface area contributed by atoms with Crippen molar-refractivity contribution in [2.75, 3.05) is 24.2 Å². The highest BCUT2D eigenvalue weighted by atomic mass is 32.2. The molecule has 9 heteroatoms. The zero-order valence-corrected chi connectivity index (χ0v) is 17.3. The first kappa shape index (κ1) is 20.3. The van der Waals surface area contributed by atoms with Crippen LogP contribution in [0, 0.1) is 13.8 Å². The van der Waals surface area contributed by atoms with Gasteiger partial charge >= 0.3 is 6.03 Å². The Morgan fingerprint density at radius 2 is 1.82 bits per heavy atom. The minimum Gasteiger partial charge on any atom is -0.335 e. The third kappa shape index (κ3) is 4.36. The number of nitrogens with one attached hydrogen (secondary N) is 2. The maximum atomic E-state index is 12.5. The molecule has 3 rings (SSSR count). The molecule has 2 heterocycles. The summed E-state index contributed by atoms with van der Waals surface area (Å²) in [6, 6.07) is 9.40. The van der Waals surface area contributed by atoms with Crippen LogP contribution >= 0.6 is 0 Å². The van der Waals surface area contributed by atoms with Crippen LogP contribution in [0.4, 0.5) is 10.5 Å². The number of urea groups is 1. The number of sulfonamides is 1. The zero-order chi connectivity index (χ0) is 20.3. The molecule has 0 bridgehead atoms. The number of benzene rings is 1. The smallest absolute Gasteiger partial charge is 0.319 e. The fraction of sp³-hybridized carbons (Fsp3) is 0.474. The molecule has 2 aromatic rings. The number of hydrogen-bond acceptors (Lipinski definition) is 4. The van der Waals surface area contributed by atoms with Crippen molar-refractivity contribution >= 4 is 21.7 Å². The van der Waals surface area contributed by atoms with Gasteiger partial charge in [-0.05, 0) is 45.7 Å². The quantitative estimate of drug-likeness (QED) is 0.798. The Morgan fingerprint density at radius 1 is 1.18 bits per heavy atom. The van der Waals surface area contributed by atoms with Crippen molar-refractivity contribution in [3.05, 3.63) is 41.7 Å². The minimum absolute atomic E-state index is 0.0481. The van der Waals surface area contributed by atoms with Crippen molar-refractivity contribution in [2.24, 2.45) is 0 Å². The van der Waals surface area contributed by atoms with E-state index in [1.54, 1.807) is 11.6 Å². The SMILES string of the molecule is CCS(=O)(=O)N1CCC(NC(=O)Nc2c(C)nn(-c3ccccc3)c2C)CC1. The Bertz CT molecular complexity index is 932. The van der Waals surface area contributed by atoms with Crippen LogP contribution in [-0.2, 0) is 10.0 Å². The van der Waals surface area contributed by atoms with Gasteiger partial charge in [0.1, 0.15) is 0 Å². The van der Waals surface area contributed by atoms with Gasteiger partial charge in [0.25, 0.3) is 0 Å². The molecule has 28 heavy (non-hydrogen) atoms. The molecule has 0 radical (unpaired) electrons. The number of nitrogens with zero attached hydrogens (tertiary/aromatic N) is 3. The summed E-state index contributed by atoms with van der Waals surface area (Å²) >= 11 is 0. The molecule has 2 amide bonds. The second kappa shape index (κ2) is 8.32. The lowest BCUT2D eigenvalue weighted by atomic mass is 10.1. The third-order valence-corrected chi connectivity index (χ3v) is 6.96. The topological polar surface area (TPSA) is 96.3 Å². The van der Waals surface area contributed by atoms with E-state index in [0.717, 1.165) is 17.1 Å². The number of anilines is 1. The summed E-state index contributed by atoms with van der Waals surface area (Å²) in [6.45, 7) is 6.29. The summed E-state index contributed by atoms with van der Waals surface area (Å²) in [7, 11) is -3.16. The molecule has 1 aliphatic rings. The first-order chi connectivity index (χ1) is 13.3. The lowest BCUT2D eigenvalue weighted by Crippen LogP contribution is -2.47. The van der Waals surface area contributed by atoms with Gasteiger partial charge in [0.05, 0.1) is 28.5 Å². The molecule has 152 valence electrons. The Kier molecular flexibility index (Phi) is 6.04. The lowest BCUT2D eigenvalue weighted by Gasteiger charge is -2.31. The van der Waals surface area contributed by atoms with Gasteiger partial charge in [-0.25, -0.2) is 22.2 Å². The summed E-state index contributed by atoms with van der Waals surface area (Å²) in [5.74, 6) is 0.107. The maximum Gasteiger partial charge on any atom is 0.319 e. The zero-order valence-electron chi connectivity index (χ0n) is 16.5. The average molecular weight is 406 g/mol. The molecule has 2 N–H and O–H groups in total. The van der Waals surface area contributed by atoms with Gasteiger partial charge in [-0.2, -0.15) is 5.10 Å². The molecule has 8 nitrogen and oxygen atoms in total. The predicted octanol–water partition coefficient (Wildman–Crippen LogP) is 2.42. The number of aromatic nitrogens is 2. The fourth-order valence-corrected chi connectivity index (χ4v) is 4.57. The number of carbonyl (C=O) groups excluding carboxylic acids is 1. The highest BCUT2D eigenvalue weighted by Gasteiger charge is 2.27. The van der Waals surface area contributed by atoms with Crippen LogP contribution in [0.25, 0.3) is 5.69 Å². The number of aryl methyl sites for hydroxylation is 1. The van der Waals surface area contributed by atoms with Gasteiger partial charge in [-0.15, -0.1) is 0 Å². The highest BCUT2D eigenvalue weighted by molar-refractivity contribution is 7.89. The second-order valence-corrected chi connectivity index (χ2v) is 9.22. The van der Waals surface area contributed by atoms with Crippen LogP contribution in [0.5, 0.6) is 0 Å². The molecule has 1 saturated heterocycles. The second-order valence-electron chi connectivity index (χ2n) is 6.97. The van der Waals surface area contributed by atoms with Crippen LogP contribution in [0.3, 0.4) is 0 Å². The monoisotopic (exact) mass is 405 g/mol. The molecule has 1 aromatic carbocycles. The van der Waals surface area contributed by atoms with Crippen molar-refractivity contribution in [1.29, 1.82) is 0 Å². The molecule has 0 unspecified atom stereocenters. The number of rotatable bonds is 5. The van der Waals surface area contributed by atoms with Crippen LogP contribution < -0.4 is 10.6 Å². The van der Waals surface area contributed by atoms with E-state index in [0.29, 0.717) is 31.6 Å². The predicted molar refractivity (Wildman–Crippen MR) is 109 cm³/mol. The van der Waals surface area contributed by atoms with Crippen LogP contribution in [0.1, 0.15) is 31.2 Å². The summed E-state index contributed by atoms with van der Waals surface area (Å²) in [4.78, 5) is 12.5. The number of amides is 2. The molecule has 1 aromatic heterocycles. The molecule has 0 atom stereocenters. The molecule has 0 aliphatic carbocycles. The maximum absolute atomic E-state index is 12.5. The van der Waals surface area contributed by atoms with Gasteiger partial charge in [0, 0.05) is 19.1 Å². The first-order valence-corrected chi connectivity index (χ1v) is 11.1. The van der Waals surface area contributed by atoms with Gasteiger partial charge < -0.3 is 10.6 Å². The van der Waals surface area contributed by atoms with Gasteiger partial charge in [-0.1, -0.05) is 18.2 Å². The molecular formula is C19H27N5O3S. The average Bonchev–Trinajstić information content (AvgIpc) is 2.97. The Balaban J connectivity index is 1.61. The van der Waals surface area contributed by atoms with E-state index in [1.165, 1.54) is 4.31 Å². The summed E-state index contributed by atoms with van der Waals surface area (Å²) in [5.41, 5.74) is 3.21. The van der Waals surface area contributed by atoms with Crippen molar-refractivity contribution in [3.63, 3.8) is 0 Å². The van der Waals surface area contributed by atoms with Gasteiger partial charge in [0.2, 0.25) is 10.0 Å². The lowest BCUT2D eigenvalue weighted by molar-refractivity contribution is 0.238. The Hall–Kier alpha value is -2.39. The molecule has 1 aliphatic heterocycles. The van der Waals surface area contributed by atoms with E-state index in [2.05, 4.69) is 15.7 Å². The van der Waals surface area contributed by atoms with Crippen molar-refractivity contribution < 1.29 is 13.2 Å². The fourth-order valence-electron chi connectivity index (χ4n) is 3.44. The van der Waals surface area contributed by atoms with Crippen LogP contribution in [0.15, 0.2) is 30.3 Å². The van der Waals surface area contributed by atoms with Gasteiger partial charge in [-0.3, -0.25) is 0 Å². The number of carbonyl (C=O) groups is 1. The number of hydrogen-bond donors (Lipinski definition) is 2. The third-order valence-electron chi connectivity index (χ3n) is 5.08. The van der Waals surface area contributed by atoms with Crippen molar-refractivity contribution in [1.82, 2.24) is 19.4 Å². The van der Waals surface area contributed by atoms with Crippen molar-refractivity contribution in [3.8, 4) is 5.69 Å². The minimum atomic E-state index is -3.16.